The third-order valence-corrected chi connectivity index (χ3v) is 4.05. The minimum atomic E-state index is -0.816. The molecule has 0 aliphatic heterocycles. The Hall–Kier alpha value is -1.06. The van der Waals surface area contributed by atoms with Crippen LogP contribution in [0, 0.1) is 5.41 Å². The summed E-state index contributed by atoms with van der Waals surface area (Å²) in [5.41, 5.74) is 0.0860. The molecule has 2 amide bonds. The minimum Gasteiger partial charge on any atom is -0.278 e. The summed E-state index contributed by atoms with van der Waals surface area (Å²) < 4.78 is 0. The lowest BCUT2D eigenvalue weighted by Crippen LogP contribution is -2.45. The van der Waals surface area contributed by atoms with E-state index < -0.39 is 5.41 Å². The highest BCUT2D eigenvalue weighted by molar-refractivity contribution is 6.21. The highest BCUT2D eigenvalue weighted by atomic mass is 35.5. The molecule has 1 rings (SSSR count). The molecule has 1 aromatic carbocycles. The minimum absolute atomic E-state index is 0.136. The molecule has 5 heteroatoms. The van der Waals surface area contributed by atoms with Crippen molar-refractivity contribution in [3.8, 4) is 0 Å². The Balaban J connectivity index is 2.96. The highest BCUT2D eigenvalue weighted by Gasteiger charge is 2.37. The van der Waals surface area contributed by atoms with Crippen LogP contribution in [-0.4, -0.2) is 28.5 Å². The van der Waals surface area contributed by atoms with Crippen molar-refractivity contribution in [2.24, 2.45) is 5.41 Å². The van der Waals surface area contributed by atoms with Crippen molar-refractivity contribution in [3.63, 3.8) is 0 Å². The molecule has 0 saturated carbocycles. The van der Waals surface area contributed by atoms with Gasteiger partial charge in [-0.05, 0) is 18.9 Å². The van der Waals surface area contributed by atoms with Crippen LogP contribution in [0.4, 0.5) is 0 Å². The molecule has 0 aromatic heterocycles. The normalized spacial score (nSPS) is 13.6. The SMILES string of the molecule is CC(=O)N(Cc1ccccc1)C(=O)C(C)(CCl)CCCl. The van der Waals surface area contributed by atoms with Crippen LogP contribution in [0.2, 0.25) is 0 Å². The average molecular weight is 316 g/mol. The maximum atomic E-state index is 12.6. The first-order chi connectivity index (χ1) is 9.44. The quantitative estimate of drug-likeness (QED) is 0.754. The Morgan fingerprint density at radius 1 is 1.20 bits per heavy atom. The van der Waals surface area contributed by atoms with E-state index in [1.54, 1.807) is 6.92 Å². The summed E-state index contributed by atoms with van der Waals surface area (Å²) >= 11 is 11.7. The molecule has 0 radical (unpaired) electrons. The Morgan fingerprint density at radius 2 is 1.80 bits per heavy atom. The summed E-state index contributed by atoms with van der Waals surface area (Å²) in [5.74, 6) is -0.0994. The summed E-state index contributed by atoms with van der Waals surface area (Å²) in [6.45, 7) is 3.38. The van der Waals surface area contributed by atoms with Crippen LogP contribution in [0.25, 0.3) is 0 Å². The van der Waals surface area contributed by atoms with Gasteiger partial charge in [0.2, 0.25) is 11.8 Å². The second-order valence-electron chi connectivity index (χ2n) is 5.03. The molecule has 1 aromatic rings. The molecule has 0 N–H and O–H groups in total. The number of halogens is 2. The van der Waals surface area contributed by atoms with Gasteiger partial charge in [0.15, 0.2) is 0 Å². The topological polar surface area (TPSA) is 37.4 Å². The zero-order valence-electron chi connectivity index (χ0n) is 11.7. The van der Waals surface area contributed by atoms with E-state index in [0.717, 1.165) is 5.56 Å². The molecule has 0 aliphatic carbocycles. The standard InChI is InChI=1S/C15H19Cl2NO2/c1-12(19)18(10-13-6-4-3-5-7-13)14(20)15(2,11-17)8-9-16/h3-7H,8-11H2,1-2H3. The zero-order valence-corrected chi connectivity index (χ0v) is 13.2. The van der Waals surface area contributed by atoms with E-state index in [0.29, 0.717) is 12.3 Å². The van der Waals surface area contributed by atoms with Crippen LogP contribution >= 0.6 is 23.2 Å². The van der Waals surface area contributed by atoms with Gasteiger partial charge in [0.1, 0.15) is 0 Å². The molecule has 0 aliphatic rings. The van der Waals surface area contributed by atoms with Gasteiger partial charge in [0.05, 0.1) is 12.0 Å². The molecule has 1 unspecified atom stereocenters. The number of hydrogen-bond acceptors (Lipinski definition) is 2. The highest BCUT2D eigenvalue weighted by Crippen LogP contribution is 2.27. The van der Waals surface area contributed by atoms with Gasteiger partial charge in [-0.1, -0.05) is 30.3 Å². The lowest BCUT2D eigenvalue weighted by atomic mass is 9.88. The third-order valence-electron chi connectivity index (χ3n) is 3.27. The second-order valence-corrected chi connectivity index (χ2v) is 5.67. The molecule has 0 fully saturated rings. The lowest BCUT2D eigenvalue weighted by Gasteiger charge is -2.31. The van der Waals surface area contributed by atoms with E-state index in [-0.39, 0.29) is 24.2 Å². The number of rotatable bonds is 6. The monoisotopic (exact) mass is 315 g/mol. The number of carbonyl (C=O) groups is 2. The van der Waals surface area contributed by atoms with E-state index in [9.17, 15) is 9.59 Å². The van der Waals surface area contributed by atoms with E-state index in [4.69, 9.17) is 23.2 Å². The van der Waals surface area contributed by atoms with Gasteiger partial charge in [-0.3, -0.25) is 14.5 Å². The predicted molar refractivity (Wildman–Crippen MR) is 81.8 cm³/mol. The van der Waals surface area contributed by atoms with Crippen LogP contribution in [-0.2, 0) is 16.1 Å². The van der Waals surface area contributed by atoms with Gasteiger partial charge in [-0.25, -0.2) is 0 Å². The summed E-state index contributed by atoms with van der Waals surface area (Å²) in [4.78, 5) is 25.6. The summed E-state index contributed by atoms with van der Waals surface area (Å²) in [6, 6.07) is 9.39. The molecule has 110 valence electrons. The van der Waals surface area contributed by atoms with E-state index >= 15 is 0 Å². The molecule has 0 spiro atoms. The van der Waals surface area contributed by atoms with Crippen molar-refractivity contribution in [2.45, 2.75) is 26.8 Å². The molecule has 3 nitrogen and oxygen atoms in total. The smallest absolute Gasteiger partial charge is 0.236 e. The fraction of sp³-hybridized carbons (Fsp3) is 0.467. The van der Waals surface area contributed by atoms with Crippen molar-refractivity contribution >= 4 is 35.0 Å². The first-order valence-electron chi connectivity index (χ1n) is 6.43. The molecular weight excluding hydrogens is 297 g/mol. The molecule has 1 atom stereocenters. The number of carbonyl (C=O) groups excluding carboxylic acids is 2. The van der Waals surface area contributed by atoms with Crippen LogP contribution in [0.3, 0.4) is 0 Å². The summed E-state index contributed by atoms with van der Waals surface area (Å²) in [6.07, 6.45) is 0.440. The predicted octanol–water partition coefficient (Wildman–Crippen LogP) is 3.44. The van der Waals surface area contributed by atoms with Gasteiger partial charge in [0, 0.05) is 18.7 Å². The molecule has 20 heavy (non-hydrogen) atoms. The Kier molecular flexibility index (Phi) is 6.50. The van der Waals surface area contributed by atoms with Crippen molar-refractivity contribution in [1.29, 1.82) is 0 Å². The van der Waals surface area contributed by atoms with Crippen molar-refractivity contribution in [2.75, 3.05) is 11.8 Å². The Bertz CT molecular complexity index is 464. The molecule has 0 bridgehead atoms. The maximum absolute atomic E-state index is 12.6. The largest absolute Gasteiger partial charge is 0.278 e. The van der Waals surface area contributed by atoms with Gasteiger partial charge < -0.3 is 0 Å². The zero-order chi connectivity index (χ0) is 15.2. The van der Waals surface area contributed by atoms with Gasteiger partial charge in [-0.2, -0.15) is 0 Å². The summed E-state index contributed by atoms with van der Waals surface area (Å²) in [5, 5.41) is 0. The number of imide groups is 1. The summed E-state index contributed by atoms with van der Waals surface area (Å²) in [7, 11) is 0. The van der Waals surface area contributed by atoms with Crippen molar-refractivity contribution in [1.82, 2.24) is 4.90 Å². The lowest BCUT2D eigenvalue weighted by molar-refractivity contribution is -0.150. The maximum Gasteiger partial charge on any atom is 0.236 e. The van der Waals surface area contributed by atoms with Gasteiger partial charge in [-0.15, -0.1) is 23.2 Å². The Labute approximate surface area is 129 Å². The fourth-order valence-corrected chi connectivity index (χ4v) is 2.52. The Morgan fingerprint density at radius 3 is 2.25 bits per heavy atom. The number of alkyl halides is 2. The third kappa shape index (κ3) is 4.22. The first kappa shape index (κ1) is 17.0. The van der Waals surface area contributed by atoms with Crippen LogP contribution < -0.4 is 0 Å². The van der Waals surface area contributed by atoms with Crippen LogP contribution in [0.15, 0.2) is 30.3 Å². The number of nitrogens with zero attached hydrogens (tertiary/aromatic N) is 1. The fourth-order valence-electron chi connectivity index (χ4n) is 1.86. The van der Waals surface area contributed by atoms with Crippen molar-refractivity contribution < 1.29 is 9.59 Å². The van der Waals surface area contributed by atoms with Crippen LogP contribution in [0.5, 0.6) is 0 Å². The van der Waals surface area contributed by atoms with Gasteiger partial charge >= 0.3 is 0 Å². The average Bonchev–Trinajstić information content (AvgIpc) is 2.45. The number of benzene rings is 1. The molecule has 0 saturated heterocycles. The van der Waals surface area contributed by atoms with E-state index in [1.807, 2.05) is 30.3 Å². The molecular formula is C15H19Cl2NO2. The number of amides is 2. The van der Waals surface area contributed by atoms with Gasteiger partial charge in [0.25, 0.3) is 0 Å². The first-order valence-corrected chi connectivity index (χ1v) is 7.50. The molecule has 0 heterocycles. The van der Waals surface area contributed by atoms with E-state index in [1.165, 1.54) is 11.8 Å². The number of hydrogen-bond donors (Lipinski definition) is 0. The van der Waals surface area contributed by atoms with E-state index in [2.05, 4.69) is 0 Å². The van der Waals surface area contributed by atoms with Crippen molar-refractivity contribution in [3.05, 3.63) is 35.9 Å². The second kappa shape index (κ2) is 7.65. The van der Waals surface area contributed by atoms with Crippen LogP contribution in [0.1, 0.15) is 25.8 Å².